The van der Waals surface area contributed by atoms with Crippen LogP contribution in [0.5, 0.6) is 11.5 Å². The molecule has 0 N–H and O–H groups in total. The minimum absolute atomic E-state index is 0.0255. The predicted molar refractivity (Wildman–Crippen MR) is 163 cm³/mol. The predicted octanol–water partition coefficient (Wildman–Crippen LogP) is 8.50. The zero-order valence-corrected chi connectivity index (χ0v) is 24.2. The van der Waals surface area contributed by atoms with Crippen molar-refractivity contribution >= 4 is 0 Å². The smallest absolute Gasteiger partial charge is 0.119 e. The van der Waals surface area contributed by atoms with E-state index in [0.29, 0.717) is 39.6 Å². The molecule has 216 valence electrons. The fraction of sp³-hybridized carbons (Fsp3) is 0.333. The van der Waals surface area contributed by atoms with Crippen LogP contribution in [0.4, 0.5) is 0 Å². The Kier molecular flexibility index (Phi) is 12.7. The summed E-state index contributed by atoms with van der Waals surface area (Å²) in [7, 11) is 0. The SMILES string of the molecule is CC(OCCCOCCCOC(C)c1ccc(OCc2ccccc2)cc1)c1ccc(OCc2ccccc2)cc1. The zero-order valence-electron chi connectivity index (χ0n) is 24.2. The lowest BCUT2D eigenvalue weighted by molar-refractivity contribution is 0.0261. The number of ether oxygens (including phenoxy) is 5. The van der Waals surface area contributed by atoms with Gasteiger partial charge in [-0.15, -0.1) is 0 Å². The molecular weight excluding hydrogens is 512 g/mol. The van der Waals surface area contributed by atoms with Crippen LogP contribution in [0.2, 0.25) is 0 Å². The molecule has 4 rings (SSSR count). The molecule has 2 unspecified atom stereocenters. The topological polar surface area (TPSA) is 46.2 Å². The Morgan fingerprint density at radius 2 is 0.854 bits per heavy atom. The summed E-state index contributed by atoms with van der Waals surface area (Å²) < 4.78 is 29.5. The molecule has 5 heteroatoms. The molecule has 0 amide bonds. The summed E-state index contributed by atoms with van der Waals surface area (Å²) >= 11 is 0. The summed E-state index contributed by atoms with van der Waals surface area (Å²) in [4.78, 5) is 0. The summed E-state index contributed by atoms with van der Waals surface area (Å²) in [5.74, 6) is 1.72. The lowest BCUT2D eigenvalue weighted by atomic mass is 10.1. The van der Waals surface area contributed by atoms with Gasteiger partial charge in [0, 0.05) is 26.4 Å². The van der Waals surface area contributed by atoms with Gasteiger partial charge in [0.05, 0.1) is 12.2 Å². The van der Waals surface area contributed by atoms with E-state index in [1.165, 1.54) is 0 Å². The second kappa shape index (κ2) is 17.2. The molecule has 0 bridgehead atoms. The van der Waals surface area contributed by atoms with Crippen molar-refractivity contribution in [2.24, 2.45) is 0 Å². The molecule has 4 aromatic rings. The average molecular weight is 555 g/mol. The van der Waals surface area contributed by atoms with Gasteiger partial charge in [0.2, 0.25) is 0 Å². The molecule has 0 heterocycles. The molecule has 4 aromatic carbocycles. The fourth-order valence-electron chi connectivity index (χ4n) is 4.29. The normalized spacial score (nSPS) is 12.5. The molecule has 5 nitrogen and oxygen atoms in total. The van der Waals surface area contributed by atoms with Gasteiger partial charge < -0.3 is 23.7 Å². The molecule has 0 saturated carbocycles. The maximum atomic E-state index is 6.00. The first-order chi connectivity index (χ1) is 20.2. The summed E-state index contributed by atoms with van der Waals surface area (Å²) in [5, 5.41) is 0. The molecule has 0 spiro atoms. The third kappa shape index (κ3) is 11.0. The van der Waals surface area contributed by atoms with Crippen LogP contribution in [-0.4, -0.2) is 26.4 Å². The van der Waals surface area contributed by atoms with Crippen molar-refractivity contribution in [3.05, 3.63) is 131 Å². The van der Waals surface area contributed by atoms with E-state index >= 15 is 0 Å². The van der Waals surface area contributed by atoms with E-state index in [9.17, 15) is 0 Å². The molecule has 2 atom stereocenters. The Bertz CT molecular complexity index is 1130. The number of hydrogen-bond donors (Lipinski definition) is 0. The fourth-order valence-corrected chi connectivity index (χ4v) is 4.29. The Morgan fingerprint density at radius 3 is 1.24 bits per heavy atom. The third-order valence-electron chi connectivity index (χ3n) is 6.80. The first kappa shape index (κ1) is 30.3. The standard InChI is InChI=1S/C36H42O5/c1-29(33-15-19-35(20-16-33)40-27-31-11-5-3-6-12-31)38-25-9-23-37-24-10-26-39-30(2)34-17-21-36(22-18-34)41-28-32-13-7-4-8-14-32/h3-8,11-22,29-30H,9-10,23-28H2,1-2H3. The van der Waals surface area contributed by atoms with Gasteiger partial charge in [-0.1, -0.05) is 84.9 Å². The molecule has 0 aliphatic rings. The molecule has 0 fully saturated rings. The highest BCUT2D eigenvalue weighted by molar-refractivity contribution is 5.30. The summed E-state index contributed by atoms with van der Waals surface area (Å²) in [5.41, 5.74) is 4.59. The lowest BCUT2D eigenvalue weighted by Crippen LogP contribution is -2.07. The Labute approximate surface area is 245 Å². The average Bonchev–Trinajstić information content (AvgIpc) is 3.03. The van der Waals surface area contributed by atoms with Crippen molar-refractivity contribution in [3.8, 4) is 11.5 Å². The van der Waals surface area contributed by atoms with Crippen LogP contribution in [-0.2, 0) is 27.4 Å². The first-order valence-electron chi connectivity index (χ1n) is 14.5. The molecule has 0 aromatic heterocycles. The summed E-state index contributed by atoms with van der Waals surface area (Å²) in [6.07, 6.45) is 1.77. The van der Waals surface area contributed by atoms with E-state index in [1.807, 2.05) is 60.7 Å². The van der Waals surface area contributed by atoms with E-state index in [4.69, 9.17) is 23.7 Å². The summed E-state index contributed by atoms with van der Waals surface area (Å²) in [6.45, 7) is 7.96. The van der Waals surface area contributed by atoms with E-state index in [0.717, 1.165) is 46.6 Å². The zero-order chi connectivity index (χ0) is 28.5. The van der Waals surface area contributed by atoms with Crippen LogP contribution < -0.4 is 9.47 Å². The minimum atomic E-state index is 0.0255. The van der Waals surface area contributed by atoms with Gasteiger partial charge in [0.25, 0.3) is 0 Å². The maximum absolute atomic E-state index is 6.00. The van der Waals surface area contributed by atoms with Crippen LogP contribution in [0, 0.1) is 0 Å². The van der Waals surface area contributed by atoms with E-state index in [-0.39, 0.29) is 12.2 Å². The lowest BCUT2D eigenvalue weighted by Gasteiger charge is -2.15. The minimum Gasteiger partial charge on any atom is -0.489 e. The van der Waals surface area contributed by atoms with E-state index < -0.39 is 0 Å². The van der Waals surface area contributed by atoms with Crippen molar-refractivity contribution in [3.63, 3.8) is 0 Å². The second-order valence-corrected chi connectivity index (χ2v) is 10.0. The van der Waals surface area contributed by atoms with Crippen molar-refractivity contribution < 1.29 is 23.7 Å². The molecule has 41 heavy (non-hydrogen) atoms. The monoisotopic (exact) mass is 554 g/mol. The van der Waals surface area contributed by atoms with Crippen LogP contribution in [0.1, 0.15) is 61.2 Å². The van der Waals surface area contributed by atoms with Crippen LogP contribution in [0.25, 0.3) is 0 Å². The van der Waals surface area contributed by atoms with Crippen LogP contribution in [0.15, 0.2) is 109 Å². The van der Waals surface area contributed by atoms with Crippen LogP contribution >= 0.6 is 0 Å². The molecule has 0 saturated heterocycles. The molecule has 0 aliphatic heterocycles. The van der Waals surface area contributed by atoms with Crippen molar-refractivity contribution in [2.75, 3.05) is 26.4 Å². The van der Waals surface area contributed by atoms with Gasteiger partial charge in [-0.3, -0.25) is 0 Å². The van der Waals surface area contributed by atoms with Crippen molar-refractivity contribution in [1.29, 1.82) is 0 Å². The molecular formula is C36H42O5. The number of hydrogen-bond acceptors (Lipinski definition) is 5. The number of benzene rings is 4. The van der Waals surface area contributed by atoms with Gasteiger partial charge in [-0.25, -0.2) is 0 Å². The Balaban J connectivity index is 1.01. The second-order valence-electron chi connectivity index (χ2n) is 10.0. The Morgan fingerprint density at radius 1 is 0.463 bits per heavy atom. The van der Waals surface area contributed by atoms with E-state index in [1.54, 1.807) is 0 Å². The van der Waals surface area contributed by atoms with Crippen molar-refractivity contribution in [1.82, 2.24) is 0 Å². The van der Waals surface area contributed by atoms with Crippen molar-refractivity contribution in [2.45, 2.75) is 52.1 Å². The summed E-state index contributed by atoms with van der Waals surface area (Å²) in [6, 6.07) is 36.6. The highest BCUT2D eigenvalue weighted by atomic mass is 16.5. The molecule has 0 radical (unpaired) electrons. The first-order valence-corrected chi connectivity index (χ1v) is 14.5. The van der Waals surface area contributed by atoms with E-state index in [2.05, 4.69) is 62.4 Å². The number of rotatable bonds is 18. The van der Waals surface area contributed by atoms with Gasteiger partial charge in [-0.2, -0.15) is 0 Å². The maximum Gasteiger partial charge on any atom is 0.119 e. The largest absolute Gasteiger partial charge is 0.489 e. The highest BCUT2D eigenvalue weighted by Gasteiger charge is 2.08. The Hall–Kier alpha value is -3.64. The molecule has 0 aliphatic carbocycles. The highest BCUT2D eigenvalue weighted by Crippen LogP contribution is 2.22. The van der Waals surface area contributed by atoms with Gasteiger partial charge in [0.1, 0.15) is 24.7 Å². The van der Waals surface area contributed by atoms with Crippen LogP contribution in [0.3, 0.4) is 0 Å². The third-order valence-corrected chi connectivity index (χ3v) is 6.80. The quantitative estimate of drug-likeness (QED) is 0.115. The van der Waals surface area contributed by atoms with Gasteiger partial charge in [0.15, 0.2) is 0 Å². The van der Waals surface area contributed by atoms with Gasteiger partial charge >= 0.3 is 0 Å². The van der Waals surface area contributed by atoms with Gasteiger partial charge in [-0.05, 0) is 73.2 Å².